The average Bonchev–Trinajstić information content (AvgIpc) is 3.48. The molecule has 0 bridgehead atoms. The zero-order valence-corrected chi connectivity index (χ0v) is 21.0. The van der Waals surface area contributed by atoms with Crippen molar-refractivity contribution >= 4 is 22.7 Å². The van der Waals surface area contributed by atoms with Crippen LogP contribution in [0.15, 0.2) is 88.5 Å². The predicted octanol–water partition coefficient (Wildman–Crippen LogP) is 5.37. The van der Waals surface area contributed by atoms with Crippen molar-refractivity contribution in [1.82, 2.24) is 4.90 Å². The summed E-state index contributed by atoms with van der Waals surface area (Å²) in [6.45, 7) is 2.34. The summed E-state index contributed by atoms with van der Waals surface area (Å²) in [6, 6.07) is 20.2. The fourth-order valence-electron chi connectivity index (χ4n) is 4.77. The van der Waals surface area contributed by atoms with Gasteiger partial charge >= 0.3 is 0 Å². The quantitative estimate of drug-likeness (QED) is 0.290. The standard InChI is InChI=1S/C30H27NO7/c1-3-37-23-16-19(12-13-21(23)32)26-25(27(33)24-17-20-10-7-11-22(36-2)29(20)38-24)28(34)30(35)31(26)15-14-18-8-5-4-6-9-18/h4-13,16-17,26,32,34H,3,14-15H2,1-2H3. The van der Waals surface area contributed by atoms with E-state index in [2.05, 4.69) is 0 Å². The van der Waals surface area contributed by atoms with Crippen molar-refractivity contribution in [2.75, 3.05) is 20.3 Å². The highest BCUT2D eigenvalue weighted by Crippen LogP contribution is 2.42. The molecule has 1 amide bonds. The van der Waals surface area contributed by atoms with Crippen LogP contribution in [-0.2, 0) is 11.2 Å². The van der Waals surface area contributed by atoms with E-state index in [-0.39, 0.29) is 29.4 Å². The highest BCUT2D eigenvalue weighted by molar-refractivity contribution is 6.16. The molecule has 1 unspecified atom stereocenters. The SMILES string of the molecule is CCOc1cc(C2C(C(=O)c3cc4cccc(OC)c4o3)=C(O)C(=O)N2CCc2ccccc2)ccc1O. The van der Waals surface area contributed by atoms with Gasteiger partial charge in [0.25, 0.3) is 5.91 Å². The fraction of sp³-hybridized carbons (Fsp3) is 0.200. The van der Waals surface area contributed by atoms with Crippen LogP contribution in [0.25, 0.3) is 11.0 Å². The molecule has 1 aromatic heterocycles. The molecule has 0 fully saturated rings. The Morgan fingerprint density at radius 2 is 1.79 bits per heavy atom. The first-order valence-corrected chi connectivity index (χ1v) is 12.3. The Hall–Kier alpha value is -4.72. The molecule has 1 atom stereocenters. The van der Waals surface area contributed by atoms with Crippen LogP contribution < -0.4 is 9.47 Å². The van der Waals surface area contributed by atoms with Crippen LogP contribution in [0.2, 0.25) is 0 Å². The van der Waals surface area contributed by atoms with Gasteiger partial charge in [-0.1, -0.05) is 48.5 Å². The second kappa shape index (κ2) is 10.3. The number of nitrogens with zero attached hydrogens (tertiary/aromatic N) is 1. The van der Waals surface area contributed by atoms with Gasteiger partial charge in [0.05, 0.1) is 25.3 Å². The molecule has 1 aliphatic heterocycles. The normalized spacial score (nSPS) is 15.4. The Labute approximate surface area is 219 Å². The van der Waals surface area contributed by atoms with Gasteiger partial charge in [-0.3, -0.25) is 9.59 Å². The van der Waals surface area contributed by atoms with Crippen LogP contribution in [0.5, 0.6) is 17.2 Å². The van der Waals surface area contributed by atoms with E-state index in [1.165, 1.54) is 18.1 Å². The number of aliphatic hydroxyl groups is 1. The zero-order valence-electron chi connectivity index (χ0n) is 21.0. The Balaban J connectivity index is 1.58. The number of methoxy groups -OCH3 is 1. The lowest BCUT2D eigenvalue weighted by Crippen LogP contribution is -2.33. The molecule has 1 aliphatic rings. The maximum absolute atomic E-state index is 13.8. The summed E-state index contributed by atoms with van der Waals surface area (Å²) in [7, 11) is 1.50. The van der Waals surface area contributed by atoms with Gasteiger partial charge in [0.1, 0.15) is 0 Å². The third kappa shape index (κ3) is 4.45. The molecular formula is C30H27NO7. The minimum atomic E-state index is -0.923. The predicted molar refractivity (Wildman–Crippen MR) is 141 cm³/mol. The van der Waals surface area contributed by atoms with E-state index in [1.54, 1.807) is 43.3 Å². The monoisotopic (exact) mass is 513 g/mol. The maximum Gasteiger partial charge on any atom is 0.290 e. The number of carbonyl (C=O) groups is 2. The molecule has 4 aromatic rings. The zero-order chi connectivity index (χ0) is 26.8. The van der Waals surface area contributed by atoms with Crippen molar-refractivity contribution in [2.45, 2.75) is 19.4 Å². The summed E-state index contributed by atoms with van der Waals surface area (Å²) in [6.07, 6.45) is 0.510. The second-order valence-corrected chi connectivity index (χ2v) is 8.88. The van der Waals surface area contributed by atoms with E-state index in [0.717, 1.165) is 5.56 Å². The summed E-state index contributed by atoms with van der Waals surface area (Å²) in [5, 5.41) is 21.9. The molecule has 2 heterocycles. The number of aromatic hydroxyl groups is 1. The van der Waals surface area contributed by atoms with Gasteiger partial charge in [0.2, 0.25) is 5.78 Å². The molecule has 2 N–H and O–H groups in total. The molecular weight excluding hydrogens is 486 g/mol. The lowest BCUT2D eigenvalue weighted by molar-refractivity contribution is -0.129. The highest BCUT2D eigenvalue weighted by Gasteiger charge is 2.44. The number of Topliss-reactive ketones (excluding diaryl/α,β-unsaturated/α-hetero) is 1. The maximum atomic E-state index is 13.8. The molecule has 0 radical (unpaired) electrons. The number of ketones is 1. The minimum absolute atomic E-state index is 0.0300. The van der Waals surface area contributed by atoms with Crippen LogP contribution >= 0.6 is 0 Å². The van der Waals surface area contributed by atoms with Crippen LogP contribution in [-0.4, -0.2) is 47.1 Å². The van der Waals surface area contributed by atoms with E-state index < -0.39 is 23.5 Å². The van der Waals surface area contributed by atoms with Gasteiger partial charge < -0.3 is 29.0 Å². The summed E-state index contributed by atoms with van der Waals surface area (Å²) >= 11 is 0. The van der Waals surface area contributed by atoms with E-state index in [9.17, 15) is 19.8 Å². The molecule has 8 heteroatoms. The summed E-state index contributed by atoms with van der Waals surface area (Å²) in [4.78, 5) is 28.6. The Morgan fingerprint density at radius 3 is 2.53 bits per heavy atom. The number of fused-ring (bicyclic) bond motifs is 1. The van der Waals surface area contributed by atoms with Crippen LogP contribution in [0, 0.1) is 0 Å². The molecule has 0 aliphatic carbocycles. The second-order valence-electron chi connectivity index (χ2n) is 8.88. The summed E-state index contributed by atoms with van der Waals surface area (Å²) in [5.74, 6) is -1.33. The average molecular weight is 514 g/mol. The number of rotatable bonds is 9. The van der Waals surface area contributed by atoms with Gasteiger partial charge in [-0.15, -0.1) is 0 Å². The number of ether oxygens (including phenoxy) is 2. The summed E-state index contributed by atoms with van der Waals surface area (Å²) in [5.41, 5.74) is 1.80. The third-order valence-corrected chi connectivity index (χ3v) is 6.58. The van der Waals surface area contributed by atoms with Crippen LogP contribution in [0.4, 0.5) is 0 Å². The van der Waals surface area contributed by atoms with Gasteiger partial charge in [-0.2, -0.15) is 0 Å². The van der Waals surface area contributed by atoms with Crippen molar-refractivity contribution in [2.24, 2.45) is 0 Å². The van der Waals surface area contributed by atoms with E-state index in [0.29, 0.717) is 35.3 Å². The lowest BCUT2D eigenvalue weighted by Gasteiger charge is -2.27. The third-order valence-electron chi connectivity index (χ3n) is 6.58. The number of amides is 1. The van der Waals surface area contributed by atoms with Crippen molar-refractivity contribution in [3.63, 3.8) is 0 Å². The molecule has 0 spiro atoms. The number of para-hydroxylation sites is 1. The van der Waals surface area contributed by atoms with Crippen molar-refractivity contribution in [3.05, 3.63) is 101 Å². The number of phenols is 1. The number of furan rings is 1. The van der Waals surface area contributed by atoms with Crippen LogP contribution in [0.3, 0.4) is 0 Å². The van der Waals surface area contributed by atoms with E-state index in [4.69, 9.17) is 13.9 Å². The largest absolute Gasteiger partial charge is 0.504 e. The molecule has 194 valence electrons. The van der Waals surface area contributed by atoms with Gasteiger partial charge in [-0.25, -0.2) is 0 Å². The summed E-state index contributed by atoms with van der Waals surface area (Å²) < 4.78 is 16.8. The molecule has 8 nitrogen and oxygen atoms in total. The van der Waals surface area contributed by atoms with Crippen molar-refractivity contribution in [3.8, 4) is 17.2 Å². The molecule has 0 saturated heterocycles. The smallest absolute Gasteiger partial charge is 0.290 e. The molecule has 3 aromatic carbocycles. The lowest BCUT2D eigenvalue weighted by atomic mass is 9.94. The number of aliphatic hydroxyl groups excluding tert-OH is 1. The number of phenolic OH excluding ortho intramolecular Hbond substituents is 1. The van der Waals surface area contributed by atoms with E-state index in [1.807, 2.05) is 30.3 Å². The molecule has 38 heavy (non-hydrogen) atoms. The Morgan fingerprint density at radius 1 is 1.00 bits per heavy atom. The first-order chi connectivity index (χ1) is 18.4. The topological polar surface area (TPSA) is 109 Å². The first kappa shape index (κ1) is 25.0. The number of hydrogen-bond donors (Lipinski definition) is 2. The fourth-order valence-corrected chi connectivity index (χ4v) is 4.77. The van der Waals surface area contributed by atoms with E-state index >= 15 is 0 Å². The Bertz CT molecular complexity index is 1540. The number of benzene rings is 3. The van der Waals surface area contributed by atoms with Crippen LogP contribution in [0.1, 0.15) is 34.6 Å². The van der Waals surface area contributed by atoms with Gasteiger partial charge in [0.15, 0.2) is 34.4 Å². The minimum Gasteiger partial charge on any atom is -0.504 e. The molecule has 5 rings (SSSR count). The van der Waals surface area contributed by atoms with Crippen molar-refractivity contribution < 1.29 is 33.7 Å². The number of carbonyl (C=O) groups excluding carboxylic acids is 2. The van der Waals surface area contributed by atoms with Gasteiger partial charge in [-0.05, 0) is 48.7 Å². The molecule has 0 saturated carbocycles. The number of hydrogen-bond acceptors (Lipinski definition) is 7. The Kier molecular flexibility index (Phi) is 6.79. The van der Waals surface area contributed by atoms with Gasteiger partial charge in [0, 0.05) is 11.9 Å². The van der Waals surface area contributed by atoms with Crippen molar-refractivity contribution in [1.29, 1.82) is 0 Å². The highest BCUT2D eigenvalue weighted by atomic mass is 16.5. The first-order valence-electron chi connectivity index (χ1n) is 12.3.